The van der Waals surface area contributed by atoms with Gasteiger partial charge in [0.05, 0.1) is 5.60 Å². The maximum atomic E-state index is 13.9. The van der Waals surface area contributed by atoms with Gasteiger partial charge in [-0.1, -0.05) is 15.9 Å². The van der Waals surface area contributed by atoms with Crippen molar-refractivity contribution in [3.05, 3.63) is 28.5 Å². The Morgan fingerprint density at radius 2 is 2.05 bits per heavy atom. The minimum atomic E-state index is -3.99. The van der Waals surface area contributed by atoms with Gasteiger partial charge in [-0.2, -0.15) is 4.31 Å². The third kappa shape index (κ3) is 3.81. The molecule has 1 aromatic carbocycles. The summed E-state index contributed by atoms with van der Waals surface area (Å²) in [6, 6.07) is 3.77. The number of likely N-dealkylation sites (N-methyl/N-ethyl adjacent to an activating group) is 1. The fourth-order valence-corrected chi connectivity index (χ4v) is 3.89. The molecule has 1 aliphatic rings. The van der Waals surface area contributed by atoms with E-state index < -0.39 is 26.3 Å². The molecular formula is C13H17BrFNO4S. The van der Waals surface area contributed by atoms with Gasteiger partial charge in [-0.05, 0) is 18.2 Å². The van der Waals surface area contributed by atoms with Crippen molar-refractivity contribution in [1.29, 1.82) is 0 Å². The lowest BCUT2D eigenvalue weighted by atomic mass is 9.95. The van der Waals surface area contributed by atoms with E-state index in [0.29, 0.717) is 30.5 Å². The van der Waals surface area contributed by atoms with Gasteiger partial charge >= 0.3 is 0 Å². The van der Waals surface area contributed by atoms with Crippen molar-refractivity contribution in [3.8, 4) is 0 Å². The number of ether oxygens (including phenoxy) is 1. The molecule has 8 heteroatoms. The van der Waals surface area contributed by atoms with Crippen LogP contribution in [0.4, 0.5) is 4.39 Å². The molecule has 0 saturated carbocycles. The number of nitrogens with zero attached hydrogens (tertiary/aromatic N) is 1. The largest absolute Gasteiger partial charge is 0.388 e. The fraction of sp³-hybridized carbons (Fsp3) is 0.538. The summed E-state index contributed by atoms with van der Waals surface area (Å²) in [5.41, 5.74) is -1.13. The van der Waals surface area contributed by atoms with E-state index in [4.69, 9.17) is 4.74 Å². The quantitative estimate of drug-likeness (QED) is 0.862. The summed E-state index contributed by atoms with van der Waals surface area (Å²) in [5.74, 6) is -0.824. The predicted octanol–water partition coefficient (Wildman–Crippen LogP) is 1.75. The van der Waals surface area contributed by atoms with Gasteiger partial charge in [0.1, 0.15) is 10.7 Å². The number of benzene rings is 1. The Hall–Kier alpha value is -0.540. The second-order valence-electron chi connectivity index (χ2n) is 5.17. The summed E-state index contributed by atoms with van der Waals surface area (Å²) in [5, 5.41) is 10.4. The highest BCUT2D eigenvalue weighted by Gasteiger charge is 2.35. The second kappa shape index (κ2) is 6.29. The molecule has 118 valence electrons. The summed E-state index contributed by atoms with van der Waals surface area (Å²) in [7, 11) is -2.65. The highest BCUT2D eigenvalue weighted by atomic mass is 79.9. The van der Waals surface area contributed by atoms with E-state index in [1.807, 2.05) is 0 Å². The zero-order valence-electron chi connectivity index (χ0n) is 11.6. The summed E-state index contributed by atoms with van der Waals surface area (Å²) < 4.78 is 45.3. The monoisotopic (exact) mass is 381 g/mol. The van der Waals surface area contributed by atoms with E-state index in [0.717, 1.165) is 10.4 Å². The topological polar surface area (TPSA) is 66.8 Å². The maximum Gasteiger partial charge on any atom is 0.245 e. The molecule has 0 spiro atoms. The summed E-state index contributed by atoms with van der Waals surface area (Å²) in [6.07, 6.45) is 0.714. The molecule has 0 radical (unpaired) electrons. The van der Waals surface area contributed by atoms with Crippen LogP contribution >= 0.6 is 15.9 Å². The molecule has 0 bridgehead atoms. The van der Waals surface area contributed by atoms with E-state index in [-0.39, 0.29) is 6.54 Å². The van der Waals surface area contributed by atoms with E-state index in [9.17, 15) is 17.9 Å². The van der Waals surface area contributed by atoms with Gasteiger partial charge in [0.25, 0.3) is 0 Å². The number of hydrogen-bond donors (Lipinski definition) is 1. The van der Waals surface area contributed by atoms with Crippen molar-refractivity contribution in [2.45, 2.75) is 23.3 Å². The van der Waals surface area contributed by atoms with E-state index in [1.54, 1.807) is 0 Å². The van der Waals surface area contributed by atoms with Gasteiger partial charge < -0.3 is 9.84 Å². The van der Waals surface area contributed by atoms with Gasteiger partial charge in [-0.25, -0.2) is 12.8 Å². The Morgan fingerprint density at radius 3 is 2.62 bits per heavy atom. The van der Waals surface area contributed by atoms with Crippen molar-refractivity contribution >= 4 is 26.0 Å². The molecule has 1 aromatic rings. The van der Waals surface area contributed by atoms with Crippen molar-refractivity contribution in [1.82, 2.24) is 4.31 Å². The van der Waals surface area contributed by atoms with Crippen LogP contribution in [-0.4, -0.2) is 50.2 Å². The van der Waals surface area contributed by atoms with Gasteiger partial charge in [-0.15, -0.1) is 0 Å². The normalized spacial score (nSPS) is 18.9. The molecule has 0 amide bonds. The average Bonchev–Trinajstić information content (AvgIpc) is 2.38. The lowest BCUT2D eigenvalue weighted by Crippen LogP contribution is -2.47. The zero-order chi connectivity index (χ0) is 15.7. The first-order valence-electron chi connectivity index (χ1n) is 6.46. The van der Waals surface area contributed by atoms with Gasteiger partial charge in [0, 0.05) is 44.1 Å². The van der Waals surface area contributed by atoms with Crippen molar-refractivity contribution in [2.24, 2.45) is 0 Å². The molecule has 0 aromatic heterocycles. The first kappa shape index (κ1) is 16.8. The number of sulfonamides is 1. The van der Waals surface area contributed by atoms with Crippen LogP contribution < -0.4 is 0 Å². The molecule has 0 unspecified atom stereocenters. The molecule has 1 aliphatic heterocycles. The summed E-state index contributed by atoms with van der Waals surface area (Å²) in [4.78, 5) is -0.399. The van der Waals surface area contributed by atoms with Gasteiger partial charge in [0.15, 0.2) is 0 Å². The van der Waals surface area contributed by atoms with Crippen LogP contribution in [0.15, 0.2) is 27.6 Å². The third-order valence-electron chi connectivity index (χ3n) is 3.52. The van der Waals surface area contributed by atoms with Crippen LogP contribution in [0.5, 0.6) is 0 Å². The first-order valence-corrected chi connectivity index (χ1v) is 8.69. The molecule has 1 fully saturated rings. The zero-order valence-corrected chi connectivity index (χ0v) is 14.0. The van der Waals surface area contributed by atoms with E-state index >= 15 is 0 Å². The Labute approximate surface area is 131 Å². The second-order valence-corrected chi connectivity index (χ2v) is 8.10. The molecule has 1 N–H and O–H groups in total. The molecular weight excluding hydrogens is 365 g/mol. The number of rotatable bonds is 4. The predicted molar refractivity (Wildman–Crippen MR) is 78.9 cm³/mol. The Morgan fingerprint density at radius 1 is 1.43 bits per heavy atom. The lowest BCUT2D eigenvalue weighted by molar-refractivity contribution is -0.0689. The first-order chi connectivity index (χ1) is 9.74. The Balaban J connectivity index is 2.22. The molecule has 1 saturated heterocycles. The van der Waals surface area contributed by atoms with Crippen LogP contribution in [0.1, 0.15) is 12.8 Å². The maximum absolute atomic E-state index is 13.9. The van der Waals surface area contributed by atoms with Crippen LogP contribution in [0.2, 0.25) is 0 Å². The van der Waals surface area contributed by atoms with Crippen molar-refractivity contribution < 1.29 is 22.7 Å². The molecule has 21 heavy (non-hydrogen) atoms. The average molecular weight is 382 g/mol. The smallest absolute Gasteiger partial charge is 0.245 e. The van der Waals surface area contributed by atoms with Crippen LogP contribution in [0.3, 0.4) is 0 Å². The van der Waals surface area contributed by atoms with Crippen molar-refractivity contribution in [3.63, 3.8) is 0 Å². The number of hydrogen-bond acceptors (Lipinski definition) is 4. The molecule has 0 atom stereocenters. The molecule has 5 nitrogen and oxygen atoms in total. The fourth-order valence-electron chi connectivity index (χ4n) is 2.26. The minimum Gasteiger partial charge on any atom is -0.388 e. The SMILES string of the molecule is CN(CC1(O)CCOCC1)S(=O)(=O)c1ccc(Br)cc1F. The van der Waals surface area contributed by atoms with E-state index in [1.165, 1.54) is 19.2 Å². The third-order valence-corrected chi connectivity index (χ3v) is 5.85. The van der Waals surface area contributed by atoms with Crippen LogP contribution in [0.25, 0.3) is 0 Å². The molecule has 2 rings (SSSR count). The standard InChI is InChI=1S/C13H17BrFNO4S/c1-16(9-13(17)4-6-20-7-5-13)21(18,19)12-3-2-10(14)8-11(12)15/h2-3,8,17H,4-7,9H2,1H3. The van der Waals surface area contributed by atoms with E-state index in [2.05, 4.69) is 15.9 Å². The summed E-state index contributed by atoms with van der Waals surface area (Å²) >= 11 is 3.09. The van der Waals surface area contributed by atoms with Gasteiger partial charge in [0.2, 0.25) is 10.0 Å². The Kier molecular flexibility index (Phi) is 5.04. The summed E-state index contributed by atoms with van der Waals surface area (Å²) in [6.45, 7) is 0.683. The van der Waals surface area contributed by atoms with Crippen molar-refractivity contribution in [2.75, 3.05) is 26.8 Å². The molecule has 1 heterocycles. The lowest BCUT2D eigenvalue weighted by Gasteiger charge is -2.35. The minimum absolute atomic E-state index is 0.0891. The number of aliphatic hydroxyl groups is 1. The molecule has 0 aliphatic carbocycles. The number of halogens is 2. The highest BCUT2D eigenvalue weighted by Crippen LogP contribution is 2.26. The van der Waals surface area contributed by atoms with Crippen LogP contribution in [0, 0.1) is 5.82 Å². The Bertz CT molecular complexity index is 617. The van der Waals surface area contributed by atoms with Gasteiger partial charge in [-0.3, -0.25) is 0 Å². The highest BCUT2D eigenvalue weighted by molar-refractivity contribution is 9.10. The van der Waals surface area contributed by atoms with Crippen LogP contribution in [-0.2, 0) is 14.8 Å².